The average Bonchev–Trinajstić information content (AvgIpc) is 2.29. The lowest BCUT2D eigenvalue weighted by Gasteiger charge is -2.07. The number of nitrogens with zero attached hydrogens (tertiary/aromatic N) is 3. The molecule has 84 valence electrons. The molecule has 0 radical (unpaired) electrons. The van der Waals surface area contributed by atoms with Crippen LogP contribution in [0.1, 0.15) is 5.56 Å². The van der Waals surface area contributed by atoms with Gasteiger partial charge in [-0.05, 0) is 12.1 Å². The fourth-order valence-corrected chi connectivity index (χ4v) is 1.32. The lowest BCUT2D eigenvalue weighted by atomic mass is 10.2. The van der Waals surface area contributed by atoms with Crippen LogP contribution in [0.25, 0.3) is 0 Å². The Morgan fingerprint density at radius 2 is 2.18 bits per heavy atom. The van der Waals surface area contributed by atoms with Crippen molar-refractivity contribution in [3.05, 3.63) is 42.0 Å². The zero-order valence-corrected chi connectivity index (χ0v) is 8.68. The smallest absolute Gasteiger partial charge is 0.151 e. The predicted octanol–water partition coefficient (Wildman–Crippen LogP) is 1.81. The molecular weight excluding hydrogens is 221 g/mol. The van der Waals surface area contributed by atoms with Crippen LogP contribution in [0.15, 0.2) is 30.6 Å². The SMILES string of the molecule is N#Cc1c(F)cccc1Nc1cncc(N)n1. The Morgan fingerprint density at radius 3 is 2.88 bits per heavy atom. The molecule has 2 rings (SSSR count). The number of halogens is 1. The van der Waals surface area contributed by atoms with Crippen molar-refractivity contribution < 1.29 is 4.39 Å². The standard InChI is InChI=1S/C11H8FN5/c12-8-2-1-3-9(7(8)4-13)16-11-6-15-5-10(14)17-11/h1-3,5-6H,(H3,14,16,17). The van der Waals surface area contributed by atoms with Crippen LogP contribution in [0.5, 0.6) is 0 Å². The summed E-state index contributed by atoms with van der Waals surface area (Å²) in [6.45, 7) is 0. The third kappa shape index (κ3) is 2.29. The molecule has 1 aromatic carbocycles. The fraction of sp³-hybridized carbons (Fsp3) is 0. The third-order valence-corrected chi connectivity index (χ3v) is 2.04. The summed E-state index contributed by atoms with van der Waals surface area (Å²) in [5.74, 6) is 0.00590. The molecule has 2 aromatic rings. The second-order valence-corrected chi connectivity index (χ2v) is 3.23. The summed E-state index contributed by atoms with van der Waals surface area (Å²) < 4.78 is 13.3. The van der Waals surface area contributed by atoms with E-state index in [1.807, 2.05) is 0 Å². The highest BCUT2D eigenvalue weighted by atomic mass is 19.1. The number of nitrogens with one attached hydrogen (secondary N) is 1. The minimum absolute atomic E-state index is 0.0725. The molecular formula is C11H8FN5. The first-order valence-electron chi connectivity index (χ1n) is 4.74. The first-order valence-corrected chi connectivity index (χ1v) is 4.74. The zero-order valence-electron chi connectivity index (χ0n) is 8.68. The number of hydrogen-bond donors (Lipinski definition) is 2. The van der Waals surface area contributed by atoms with Crippen molar-refractivity contribution >= 4 is 17.3 Å². The highest BCUT2D eigenvalue weighted by molar-refractivity contribution is 5.64. The van der Waals surface area contributed by atoms with Gasteiger partial charge in [-0.25, -0.2) is 9.37 Å². The summed E-state index contributed by atoms with van der Waals surface area (Å²) >= 11 is 0. The Labute approximate surface area is 96.7 Å². The van der Waals surface area contributed by atoms with Crippen LogP contribution in [0, 0.1) is 17.1 Å². The van der Waals surface area contributed by atoms with Gasteiger partial charge in [0.1, 0.15) is 23.3 Å². The van der Waals surface area contributed by atoms with Crippen molar-refractivity contribution in [2.24, 2.45) is 0 Å². The highest BCUT2D eigenvalue weighted by Gasteiger charge is 2.08. The van der Waals surface area contributed by atoms with Gasteiger partial charge >= 0.3 is 0 Å². The molecule has 0 spiro atoms. The van der Waals surface area contributed by atoms with Crippen LogP contribution in [0.3, 0.4) is 0 Å². The summed E-state index contributed by atoms with van der Waals surface area (Å²) in [5.41, 5.74) is 5.71. The lowest BCUT2D eigenvalue weighted by Crippen LogP contribution is -2.00. The highest BCUT2D eigenvalue weighted by Crippen LogP contribution is 2.21. The number of rotatable bonds is 2. The molecule has 1 aromatic heterocycles. The Hall–Kier alpha value is -2.68. The molecule has 0 unspecified atom stereocenters. The second kappa shape index (κ2) is 4.45. The summed E-state index contributed by atoms with van der Waals surface area (Å²) in [6.07, 6.45) is 2.82. The topological polar surface area (TPSA) is 87.6 Å². The van der Waals surface area contributed by atoms with E-state index in [1.165, 1.54) is 24.5 Å². The Bertz CT molecular complexity index is 591. The van der Waals surface area contributed by atoms with Crippen LogP contribution in [-0.2, 0) is 0 Å². The van der Waals surface area contributed by atoms with Gasteiger partial charge in [0, 0.05) is 0 Å². The monoisotopic (exact) mass is 229 g/mol. The summed E-state index contributed by atoms with van der Waals surface area (Å²) in [5, 5.41) is 11.6. The maximum absolute atomic E-state index is 13.3. The minimum Gasteiger partial charge on any atom is -0.382 e. The van der Waals surface area contributed by atoms with E-state index in [0.29, 0.717) is 11.5 Å². The molecule has 5 nitrogen and oxygen atoms in total. The van der Waals surface area contributed by atoms with Gasteiger partial charge in [0.05, 0.1) is 18.1 Å². The van der Waals surface area contributed by atoms with Crippen LogP contribution < -0.4 is 11.1 Å². The first kappa shape index (κ1) is 10.8. The molecule has 17 heavy (non-hydrogen) atoms. The van der Waals surface area contributed by atoms with Gasteiger partial charge in [0.25, 0.3) is 0 Å². The van der Waals surface area contributed by atoms with Crippen LogP contribution >= 0.6 is 0 Å². The summed E-state index contributed by atoms with van der Waals surface area (Å²) in [4.78, 5) is 7.78. The van der Waals surface area contributed by atoms with Gasteiger partial charge in [-0.2, -0.15) is 5.26 Å². The van der Waals surface area contributed by atoms with Gasteiger partial charge in [0.15, 0.2) is 5.82 Å². The number of nitrogens with two attached hydrogens (primary N) is 1. The number of anilines is 3. The minimum atomic E-state index is -0.589. The second-order valence-electron chi connectivity index (χ2n) is 3.23. The van der Waals surface area contributed by atoms with Crippen molar-refractivity contribution in [2.45, 2.75) is 0 Å². The molecule has 0 atom stereocenters. The molecule has 0 amide bonds. The fourth-order valence-electron chi connectivity index (χ4n) is 1.32. The molecule has 0 saturated carbocycles. The molecule has 0 aliphatic heterocycles. The molecule has 0 fully saturated rings. The number of hydrogen-bond acceptors (Lipinski definition) is 5. The molecule has 1 heterocycles. The number of nitrogen functional groups attached to an aromatic ring is 1. The molecule has 0 bridgehead atoms. The maximum atomic E-state index is 13.3. The van der Waals surface area contributed by atoms with E-state index in [1.54, 1.807) is 12.1 Å². The van der Waals surface area contributed by atoms with Crippen molar-refractivity contribution in [1.82, 2.24) is 9.97 Å². The van der Waals surface area contributed by atoms with Crippen molar-refractivity contribution in [3.63, 3.8) is 0 Å². The molecule has 6 heteroatoms. The van der Waals surface area contributed by atoms with E-state index < -0.39 is 5.82 Å². The van der Waals surface area contributed by atoms with Crippen LogP contribution in [-0.4, -0.2) is 9.97 Å². The first-order chi connectivity index (χ1) is 8.20. The molecule has 0 saturated heterocycles. The quantitative estimate of drug-likeness (QED) is 0.819. The van der Waals surface area contributed by atoms with E-state index in [4.69, 9.17) is 11.0 Å². The van der Waals surface area contributed by atoms with Crippen molar-refractivity contribution in [3.8, 4) is 6.07 Å². The lowest BCUT2D eigenvalue weighted by molar-refractivity contribution is 0.624. The zero-order chi connectivity index (χ0) is 12.3. The van der Waals surface area contributed by atoms with Gasteiger partial charge in [-0.3, -0.25) is 4.98 Å². The third-order valence-electron chi connectivity index (χ3n) is 2.04. The van der Waals surface area contributed by atoms with Gasteiger partial charge in [-0.15, -0.1) is 0 Å². The van der Waals surface area contributed by atoms with Gasteiger partial charge in [-0.1, -0.05) is 6.07 Å². The van der Waals surface area contributed by atoms with Crippen LogP contribution in [0.4, 0.5) is 21.7 Å². The predicted molar refractivity (Wildman–Crippen MR) is 60.8 cm³/mol. The Kier molecular flexibility index (Phi) is 2.83. The largest absolute Gasteiger partial charge is 0.382 e. The van der Waals surface area contributed by atoms with Crippen molar-refractivity contribution in [1.29, 1.82) is 5.26 Å². The summed E-state index contributed by atoms with van der Waals surface area (Å²) in [7, 11) is 0. The number of aromatic nitrogens is 2. The normalized spacial score (nSPS) is 9.65. The average molecular weight is 229 g/mol. The van der Waals surface area contributed by atoms with Gasteiger partial charge in [0.2, 0.25) is 0 Å². The molecule has 0 aliphatic carbocycles. The number of benzene rings is 1. The van der Waals surface area contributed by atoms with E-state index in [-0.39, 0.29) is 11.4 Å². The Balaban J connectivity index is 2.37. The van der Waals surface area contributed by atoms with E-state index in [0.717, 1.165) is 0 Å². The van der Waals surface area contributed by atoms with Crippen LogP contribution in [0.2, 0.25) is 0 Å². The van der Waals surface area contributed by atoms with E-state index in [9.17, 15) is 4.39 Å². The van der Waals surface area contributed by atoms with E-state index >= 15 is 0 Å². The molecule has 3 N–H and O–H groups in total. The number of nitriles is 1. The molecule has 0 aliphatic rings. The van der Waals surface area contributed by atoms with E-state index in [2.05, 4.69) is 15.3 Å². The Morgan fingerprint density at radius 1 is 1.35 bits per heavy atom. The van der Waals surface area contributed by atoms with Crippen molar-refractivity contribution in [2.75, 3.05) is 11.1 Å². The summed E-state index contributed by atoms with van der Waals surface area (Å²) in [6, 6.07) is 6.07. The van der Waals surface area contributed by atoms with Gasteiger partial charge < -0.3 is 11.1 Å². The maximum Gasteiger partial charge on any atom is 0.151 e.